The van der Waals surface area contributed by atoms with E-state index in [0.29, 0.717) is 38.6 Å². The Morgan fingerprint density at radius 3 is 2.15 bits per heavy atom. The Balaban J connectivity index is 1.76. The highest BCUT2D eigenvalue weighted by Crippen LogP contribution is 2.16. The Bertz CT molecular complexity index is 438. The molecule has 0 aromatic carbocycles. The molecule has 0 bridgehead atoms. The first-order valence-electron chi connectivity index (χ1n) is 7.14. The van der Waals surface area contributed by atoms with Crippen molar-refractivity contribution >= 4 is 16.1 Å². The third-order valence-electron chi connectivity index (χ3n) is 4.19. The average molecular weight is 304 g/mol. The fraction of sp³-hybridized carbons (Fsp3) is 0.917. The number of carbonyl (C=O) groups is 1. The molecule has 2 heterocycles. The summed E-state index contributed by atoms with van der Waals surface area (Å²) >= 11 is 0. The van der Waals surface area contributed by atoms with Gasteiger partial charge in [0.05, 0.1) is 6.54 Å². The third kappa shape index (κ3) is 4.15. The van der Waals surface area contributed by atoms with Gasteiger partial charge in [0.2, 0.25) is 5.91 Å². The van der Waals surface area contributed by atoms with Crippen molar-refractivity contribution < 1.29 is 13.2 Å². The SMILES string of the molecule is CC1CCN(C(=O)CN2CCN(S(N)(=O)=O)CC2)CC1. The van der Waals surface area contributed by atoms with Crippen molar-refractivity contribution in [2.45, 2.75) is 19.8 Å². The van der Waals surface area contributed by atoms with Gasteiger partial charge in [-0.2, -0.15) is 12.7 Å². The molecule has 2 aliphatic rings. The molecule has 0 atom stereocenters. The van der Waals surface area contributed by atoms with Crippen LogP contribution in [-0.4, -0.2) is 74.2 Å². The van der Waals surface area contributed by atoms with Crippen LogP contribution in [0.4, 0.5) is 0 Å². The van der Waals surface area contributed by atoms with Gasteiger partial charge in [0.25, 0.3) is 10.2 Å². The van der Waals surface area contributed by atoms with E-state index in [1.54, 1.807) is 0 Å². The second-order valence-electron chi connectivity index (χ2n) is 5.78. The van der Waals surface area contributed by atoms with E-state index in [9.17, 15) is 13.2 Å². The number of rotatable bonds is 3. The summed E-state index contributed by atoms with van der Waals surface area (Å²) in [5, 5.41) is 5.09. The smallest absolute Gasteiger partial charge is 0.276 e. The first-order chi connectivity index (χ1) is 9.36. The number of piperazine rings is 1. The molecule has 2 fully saturated rings. The summed E-state index contributed by atoms with van der Waals surface area (Å²) in [5.41, 5.74) is 0. The molecule has 0 spiro atoms. The molecule has 20 heavy (non-hydrogen) atoms. The first-order valence-corrected chi connectivity index (χ1v) is 8.64. The predicted molar refractivity (Wildman–Crippen MR) is 76.1 cm³/mol. The number of nitrogens with zero attached hydrogens (tertiary/aromatic N) is 3. The maximum Gasteiger partial charge on any atom is 0.276 e. The number of carbonyl (C=O) groups excluding carboxylic acids is 1. The highest BCUT2D eigenvalue weighted by Gasteiger charge is 2.27. The topological polar surface area (TPSA) is 86.9 Å². The molecule has 0 unspecified atom stereocenters. The van der Waals surface area contributed by atoms with Crippen molar-refractivity contribution in [1.82, 2.24) is 14.1 Å². The van der Waals surface area contributed by atoms with E-state index in [-0.39, 0.29) is 5.91 Å². The maximum atomic E-state index is 12.2. The van der Waals surface area contributed by atoms with Crippen molar-refractivity contribution in [3.8, 4) is 0 Å². The minimum Gasteiger partial charge on any atom is -0.342 e. The number of hydrogen-bond donors (Lipinski definition) is 1. The van der Waals surface area contributed by atoms with Crippen LogP contribution in [0.5, 0.6) is 0 Å². The van der Waals surface area contributed by atoms with Crippen LogP contribution >= 0.6 is 0 Å². The van der Waals surface area contributed by atoms with Gasteiger partial charge < -0.3 is 4.90 Å². The molecule has 0 saturated carbocycles. The van der Waals surface area contributed by atoms with E-state index >= 15 is 0 Å². The van der Waals surface area contributed by atoms with Crippen molar-refractivity contribution in [2.24, 2.45) is 11.1 Å². The van der Waals surface area contributed by atoms with E-state index in [1.165, 1.54) is 4.31 Å². The molecule has 8 heteroatoms. The van der Waals surface area contributed by atoms with Crippen molar-refractivity contribution in [3.05, 3.63) is 0 Å². The monoisotopic (exact) mass is 304 g/mol. The number of hydrogen-bond acceptors (Lipinski definition) is 4. The zero-order valence-corrected chi connectivity index (χ0v) is 12.8. The largest absolute Gasteiger partial charge is 0.342 e. The first kappa shape index (κ1) is 15.7. The van der Waals surface area contributed by atoms with Gasteiger partial charge in [-0.1, -0.05) is 6.92 Å². The Morgan fingerprint density at radius 2 is 1.65 bits per heavy atom. The molecule has 116 valence electrons. The maximum absolute atomic E-state index is 12.2. The number of nitrogens with two attached hydrogens (primary N) is 1. The molecular weight excluding hydrogens is 280 g/mol. The summed E-state index contributed by atoms with van der Waals surface area (Å²) in [6.07, 6.45) is 2.15. The van der Waals surface area contributed by atoms with Gasteiger partial charge in [0.1, 0.15) is 0 Å². The van der Waals surface area contributed by atoms with Crippen LogP contribution in [-0.2, 0) is 15.0 Å². The summed E-state index contributed by atoms with van der Waals surface area (Å²) in [4.78, 5) is 16.1. The Labute approximate surface area is 120 Å². The Morgan fingerprint density at radius 1 is 1.10 bits per heavy atom. The minimum atomic E-state index is -3.59. The van der Waals surface area contributed by atoms with Crippen molar-refractivity contribution in [2.75, 3.05) is 45.8 Å². The predicted octanol–water partition coefficient (Wildman–Crippen LogP) is -0.934. The highest BCUT2D eigenvalue weighted by molar-refractivity contribution is 7.86. The molecule has 7 nitrogen and oxygen atoms in total. The lowest BCUT2D eigenvalue weighted by Gasteiger charge is -2.35. The second kappa shape index (κ2) is 6.38. The van der Waals surface area contributed by atoms with E-state index < -0.39 is 10.2 Å². The van der Waals surface area contributed by atoms with Crippen LogP contribution in [0, 0.1) is 5.92 Å². The van der Waals surface area contributed by atoms with Crippen LogP contribution in [0.25, 0.3) is 0 Å². The lowest BCUT2D eigenvalue weighted by molar-refractivity contribution is -0.134. The van der Waals surface area contributed by atoms with Crippen LogP contribution in [0.1, 0.15) is 19.8 Å². The van der Waals surface area contributed by atoms with Gasteiger partial charge in [-0.15, -0.1) is 0 Å². The van der Waals surface area contributed by atoms with E-state index in [1.807, 2.05) is 9.80 Å². The summed E-state index contributed by atoms with van der Waals surface area (Å²) in [5.74, 6) is 0.860. The quantitative estimate of drug-likeness (QED) is 0.729. The molecule has 0 aromatic rings. The average Bonchev–Trinajstić information content (AvgIpc) is 2.39. The summed E-state index contributed by atoms with van der Waals surface area (Å²) in [6, 6.07) is 0. The number of piperidine rings is 1. The van der Waals surface area contributed by atoms with Crippen LogP contribution < -0.4 is 5.14 Å². The molecule has 2 rings (SSSR count). The number of amides is 1. The van der Waals surface area contributed by atoms with Gasteiger partial charge in [0, 0.05) is 39.3 Å². The summed E-state index contributed by atoms with van der Waals surface area (Å²) in [6.45, 7) is 6.14. The zero-order valence-electron chi connectivity index (χ0n) is 12.0. The molecule has 1 amide bonds. The van der Waals surface area contributed by atoms with E-state index in [2.05, 4.69) is 6.92 Å². The van der Waals surface area contributed by atoms with Gasteiger partial charge >= 0.3 is 0 Å². The van der Waals surface area contributed by atoms with Gasteiger partial charge in [0.15, 0.2) is 0 Å². The third-order valence-corrected chi connectivity index (χ3v) is 5.27. The molecule has 0 aromatic heterocycles. The van der Waals surface area contributed by atoms with E-state index in [4.69, 9.17) is 5.14 Å². The molecule has 0 radical (unpaired) electrons. The summed E-state index contributed by atoms with van der Waals surface area (Å²) < 4.78 is 23.7. The highest BCUT2D eigenvalue weighted by atomic mass is 32.2. The van der Waals surface area contributed by atoms with Crippen LogP contribution in [0.2, 0.25) is 0 Å². The Kier molecular flexibility index (Phi) is 5.00. The van der Waals surface area contributed by atoms with Gasteiger partial charge in [-0.25, -0.2) is 5.14 Å². The van der Waals surface area contributed by atoms with Crippen LogP contribution in [0.15, 0.2) is 0 Å². The molecule has 2 N–H and O–H groups in total. The Hall–Kier alpha value is -0.700. The van der Waals surface area contributed by atoms with Crippen molar-refractivity contribution in [3.63, 3.8) is 0 Å². The van der Waals surface area contributed by atoms with E-state index in [0.717, 1.165) is 25.9 Å². The fourth-order valence-electron chi connectivity index (χ4n) is 2.69. The lowest BCUT2D eigenvalue weighted by atomic mass is 9.99. The van der Waals surface area contributed by atoms with Gasteiger partial charge in [-0.05, 0) is 18.8 Å². The summed E-state index contributed by atoms with van der Waals surface area (Å²) in [7, 11) is -3.59. The standard InChI is InChI=1S/C12H24N4O3S/c1-11-2-4-15(5-3-11)12(17)10-14-6-8-16(9-7-14)20(13,18)19/h11H,2-10H2,1H3,(H2,13,18,19). The molecule has 2 saturated heterocycles. The molecule has 2 aliphatic heterocycles. The fourth-order valence-corrected chi connectivity index (χ4v) is 3.36. The van der Waals surface area contributed by atoms with Crippen molar-refractivity contribution in [1.29, 1.82) is 0 Å². The van der Waals surface area contributed by atoms with Crippen LogP contribution in [0.3, 0.4) is 0 Å². The van der Waals surface area contributed by atoms with Gasteiger partial charge in [-0.3, -0.25) is 9.69 Å². The number of likely N-dealkylation sites (tertiary alicyclic amines) is 1. The minimum absolute atomic E-state index is 0.154. The lowest BCUT2D eigenvalue weighted by Crippen LogP contribution is -2.53. The normalized spacial score (nSPS) is 24.0. The zero-order chi connectivity index (χ0) is 14.8. The molecule has 0 aliphatic carbocycles. The second-order valence-corrected chi connectivity index (χ2v) is 7.33. The molecular formula is C12H24N4O3S.